The van der Waals surface area contributed by atoms with Gasteiger partial charge in [0.15, 0.2) is 0 Å². The Morgan fingerprint density at radius 2 is 1.35 bits per heavy atom. The summed E-state index contributed by atoms with van der Waals surface area (Å²) in [5, 5.41) is 0. The molecule has 2 fully saturated rings. The van der Waals surface area contributed by atoms with E-state index < -0.39 is 0 Å². The van der Waals surface area contributed by atoms with Crippen molar-refractivity contribution in [1.82, 2.24) is 9.80 Å². The molecule has 0 aromatic heterocycles. The van der Waals surface area contributed by atoms with Crippen molar-refractivity contribution in [2.24, 2.45) is 5.41 Å². The zero-order valence-corrected chi connectivity index (χ0v) is 12.6. The van der Waals surface area contributed by atoms with Crippen molar-refractivity contribution >= 4 is 0 Å². The van der Waals surface area contributed by atoms with Crippen molar-refractivity contribution in [3.05, 3.63) is 0 Å². The van der Waals surface area contributed by atoms with Crippen molar-refractivity contribution in [2.45, 2.75) is 72.0 Å². The van der Waals surface area contributed by atoms with Crippen LogP contribution in [0.3, 0.4) is 0 Å². The number of hydrogen-bond acceptors (Lipinski definition) is 2. The summed E-state index contributed by atoms with van der Waals surface area (Å²) in [4.78, 5) is 5.48. The van der Waals surface area contributed by atoms with Gasteiger partial charge >= 0.3 is 0 Å². The Kier molecular flexibility index (Phi) is 3.33. The number of fused-ring (bicyclic) bond motifs is 2. The molecule has 0 amide bonds. The third-order valence-corrected chi connectivity index (χ3v) is 4.03. The van der Waals surface area contributed by atoms with Gasteiger partial charge in [0.2, 0.25) is 0 Å². The Bertz CT molecular complexity index is 258. The van der Waals surface area contributed by atoms with E-state index in [2.05, 4.69) is 51.3 Å². The molecule has 2 aliphatic heterocycles. The van der Waals surface area contributed by atoms with Gasteiger partial charge in [-0.2, -0.15) is 0 Å². The van der Waals surface area contributed by atoms with Gasteiger partial charge in [-0.1, -0.05) is 20.8 Å². The first-order valence-electron chi connectivity index (χ1n) is 7.18. The standard InChI is InChI=1S/C15H30N2/c1-14(2,3)11-16-9-12-7-8-13(10-16)17(12)15(4,5)6/h12-13H,7-11H2,1-6H3. The first kappa shape index (κ1) is 13.4. The van der Waals surface area contributed by atoms with Crippen LogP contribution >= 0.6 is 0 Å². The summed E-state index contributed by atoms with van der Waals surface area (Å²) < 4.78 is 0. The highest BCUT2D eigenvalue weighted by Gasteiger charge is 2.44. The summed E-state index contributed by atoms with van der Waals surface area (Å²) in [6.07, 6.45) is 2.81. The zero-order valence-electron chi connectivity index (χ0n) is 12.6. The summed E-state index contributed by atoms with van der Waals surface area (Å²) in [5.41, 5.74) is 0.781. The molecule has 2 heteroatoms. The highest BCUT2D eigenvalue weighted by Crippen LogP contribution is 2.36. The molecular formula is C15H30N2. The maximum atomic E-state index is 2.78. The molecule has 2 nitrogen and oxygen atoms in total. The summed E-state index contributed by atoms with van der Waals surface area (Å²) in [6.45, 7) is 18.0. The van der Waals surface area contributed by atoms with Gasteiger partial charge in [0.1, 0.15) is 0 Å². The summed E-state index contributed by atoms with van der Waals surface area (Å²) in [5.74, 6) is 0. The highest BCUT2D eigenvalue weighted by molar-refractivity contribution is 5.01. The number of nitrogens with zero attached hydrogens (tertiary/aromatic N) is 2. The van der Waals surface area contributed by atoms with E-state index >= 15 is 0 Å². The van der Waals surface area contributed by atoms with Crippen molar-refractivity contribution < 1.29 is 0 Å². The predicted molar refractivity (Wildman–Crippen MR) is 74.3 cm³/mol. The average Bonchev–Trinajstić information content (AvgIpc) is 2.35. The number of hydrogen-bond donors (Lipinski definition) is 0. The minimum absolute atomic E-state index is 0.347. The van der Waals surface area contributed by atoms with Crippen LogP contribution < -0.4 is 0 Å². The largest absolute Gasteiger partial charge is 0.300 e. The van der Waals surface area contributed by atoms with Crippen LogP contribution in [-0.2, 0) is 0 Å². The Morgan fingerprint density at radius 1 is 0.882 bits per heavy atom. The van der Waals surface area contributed by atoms with Gasteiger partial charge in [-0.15, -0.1) is 0 Å². The first-order valence-corrected chi connectivity index (χ1v) is 7.18. The average molecular weight is 238 g/mol. The Hall–Kier alpha value is -0.0800. The van der Waals surface area contributed by atoms with E-state index in [1.165, 1.54) is 32.5 Å². The van der Waals surface area contributed by atoms with Crippen LogP contribution in [0.15, 0.2) is 0 Å². The van der Waals surface area contributed by atoms with Gasteiger partial charge in [0, 0.05) is 37.3 Å². The molecule has 0 aromatic carbocycles. The van der Waals surface area contributed by atoms with Crippen LogP contribution in [-0.4, -0.2) is 47.1 Å². The van der Waals surface area contributed by atoms with E-state index in [0.29, 0.717) is 11.0 Å². The molecule has 0 aliphatic carbocycles. The fourth-order valence-electron chi connectivity index (χ4n) is 3.89. The molecule has 0 spiro atoms. The van der Waals surface area contributed by atoms with Crippen molar-refractivity contribution in [2.75, 3.05) is 19.6 Å². The second-order valence-electron chi connectivity index (χ2n) is 8.22. The SMILES string of the molecule is CC(C)(C)CN1CC2CCC(C1)N2C(C)(C)C. The molecule has 0 aromatic rings. The van der Waals surface area contributed by atoms with Gasteiger partial charge in [-0.25, -0.2) is 0 Å². The second-order valence-corrected chi connectivity index (χ2v) is 8.22. The van der Waals surface area contributed by atoms with Crippen LogP contribution in [0.1, 0.15) is 54.4 Å². The number of likely N-dealkylation sites (tertiary alicyclic amines) is 1. The summed E-state index contributed by atoms with van der Waals surface area (Å²) in [7, 11) is 0. The Balaban J connectivity index is 2.02. The first-order chi connectivity index (χ1) is 7.67. The molecule has 2 unspecified atom stereocenters. The smallest absolute Gasteiger partial charge is 0.0232 e. The van der Waals surface area contributed by atoms with Crippen molar-refractivity contribution in [3.63, 3.8) is 0 Å². The van der Waals surface area contributed by atoms with E-state index in [1.807, 2.05) is 0 Å². The van der Waals surface area contributed by atoms with Crippen LogP contribution in [0.25, 0.3) is 0 Å². The monoisotopic (exact) mass is 238 g/mol. The molecule has 0 saturated carbocycles. The fourth-order valence-corrected chi connectivity index (χ4v) is 3.89. The second kappa shape index (κ2) is 4.24. The lowest BCUT2D eigenvalue weighted by molar-refractivity contribution is -0.00724. The molecule has 2 atom stereocenters. The summed E-state index contributed by atoms with van der Waals surface area (Å²) >= 11 is 0. The minimum atomic E-state index is 0.347. The maximum absolute atomic E-state index is 2.78. The van der Waals surface area contributed by atoms with E-state index in [4.69, 9.17) is 0 Å². The molecular weight excluding hydrogens is 208 g/mol. The van der Waals surface area contributed by atoms with E-state index in [9.17, 15) is 0 Å². The fraction of sp³-hybridized carbons (Fsp3) is 1.00. The van der Waals surface area contributed by atoms with Crippen LogP contribution in [0.2, 0.25) is 0 Å². The predicted octanol–water partition coefficient (Wildman–Crippen LogP) is 2.98. The molecule has 100 valence electrons. The van der Waals surface area contributed by atoms with E-state index in [0.717, 1.165) is 12.1 Å². The number of rotatable bonds is 1. The zero-order chi connectivity index (χ0) is 12.8. The van der Waals surface area contributed by atoms with Gasteiger partial charge in [-0.05, 0) is 39.0 Å². The molecule has 2 rings (SSSR count). The van der Waals surface area contributed by atoms with Gasteiger partial charge in [-0.3, -0.25) is 9.80 Å². The lowest BCUT2D eigenvalue weighted by atomic mass is 9.94. The van der Waals surface area contributed by atoms with E-state index in [-0.39, 0.29) is 0 Å². The lowest BCUT2D eigenvalue weighted by Gasteiger charge is -2.49. The van der Waals surface area contributed by atoms with E-state index in [1.54, 1.807) is 0 Å². The molecule has 2 saturated heterocycles. The van der Waals surface area contributed by atoms with Crippen LogP contribution in [0.4, 0.5) is 0 Å². The molecule has 2 bridgehead atoms. The Labute approximate surface area is 107 Å². The topological polar surface area (TPSA) is 6.48 Å². The van der Waals surface area contributed by atoms with Crippen LogP contribution in [0.5, 0.6) is 0 Å². The molecule has 0 radical (unpaired) electrons. The number of piperazine rings is 1. The maximum Gasteiger partial charge on any atom is 0.0232 e. The van der Waals surface area contributed by atoms with Crippen molar-refractivity contribution in [3.8, 4) is 0 Å². The lowest BCUT2D eigenvalue weighted by Crippen LogP contribution is -2.60. The molecule has 17 heavy (non-hydrogen) atoms. The van der Waals surface area contributed by atoms with Crippen LogP contribution in [0, 0.1) is 5.41 Å². The third-order valence-electron chi connectivity index (χ3n) is 4.03. The van der Waals surface area contributed by atoms with Gasteiger partial charge in [0.05, 0.1) is 0 Å². The summed E-state index contributed by atoms with van der Waals surface area (Å²) in [6, 6.07) is 1.60. The molecule has 2 aliphatic rings. The van der Waals surface area contributed by atoms with Gasteiger partial charge in [0.25, 0.3) is 0 Å². The molecule has 2 heterocycles. The normalized spacial score (nSPS) is 32.1. The highest BCUT2D eigenvalue weighted by atomic mass is 15.4. The van der Waals surface area contributed by atoms with Crippen molar-refractivity contribution in [1.29, 1.82) is 0 Å². The third kappa shape index (κ3) is 3.03. The van der Waals surface area contributed by atoms with Gasteiger partial charge < -0.3 is 0 Å². The quantitative estimate of drug-likeness (QED) is 0.693. The Morgan fingerprint density at radius 3 is 1.71 bits per heavy atom. The minimum Gasteiger partial charge on any atom is -0.300 e. The molecule has 0 N–H and O–H groups in total.